The highest BCUT2D eigenvalue weighted by molar-refractivity contribution is 7.60. The zero-order valence-corrected chi connectivity index (χ0v) is 25.1. The van der Waals surface area contributed by atoms with Crippen molar-refractivity contribution in [2.24, 2.45) is 0 Å². The van der Waals surface area contributed by atoms with E-state index in [-0.39, 0.29) is 12.1 Å². The Labute approximate surface area is 242 Å². The third-order valence-corrected chi connectivity index (χ3v) is 9.09. The van der Waals surface area contributed by atoms with E-state index in [4.69, 9.17) is 43.5 Å². The fraction of sp³-hybridized carbons (Fsp3) is 0.480. The highest BCUT2D eigenvalue weighted by Crippen LogP contribution is 2.58. The number of phosphoric acid groups is 2. The Balaban J connectivity index is 1.53. The zero-order valence-electron chi connectivity index (χ0n) is 23.3. The second-order valence-electron chi connectivity index (χ2n) is 9.99. The molecular formula is C25H33N5O10P2. The zero-order chi connectivity index (χ0) is 30.1. The molecule has 17 heteroatoms. The fourth-order valence-electron chi connectivity index (χ4n) is 4.92. The fourth-order valence-corrected chi connectivity index (χ4v) is 6.48. The monoisotopic (exact) mass is 625 g/mol. The van der Waals surface area contributed by atoms with Crippen LogP contribution in [0.1, 0.15) is 19.4 Å². The van der Waals surface area contributed by atoms with Gasteiger partial charge in [0.15, 0.2) is 5.65 Å². The van der Waals surface area contributed by atoms with Crippen molar-refractivity contribution in [3.8, 4) is 17.0 Å². The molecule has 2 aliphatic rings. The first-order valence-corrected chi connectivity index (χ1v) is 16.3. The summed E-state index contributed by atoms with van der Waals surface area (Å²) in [5.74, 6) is 1.66. The number of phosphoric ester groups is 1. The van der Waals surface area contributed by atoms with E-state index in [0.717, 1.165) is 11.2 Å². The maximum atomic E-state index is 12.0. The Bertz CT molecular complexity index is 1540. The van der Waals surface area contributed by atoms with Crippen molar-refractivity contribution in [1.29, 1.82) is 0 Å². The topological polar surface area (TPSA) is 186 Å². The number of morpholine rings is 2. The highest BCUT2D eigenvalue weighted by Gasteiger charge is 2.33. The van der Waals surface area contributed by atoms with Crippen LogP contribution in [0.25, 0.3) is 22.3 Å². The molecule has 15 nitrogen and oxygen atoms in total. The standard InChI is InChI=1S/C25H33N5O10P2/c1-16-13-37-10-8-29(16)24-20-5-6-21(26-23(20)27-25(28-24)30-9-11-38-14-17(30)2)18-4-7-22(36-3)19(12-18)15-39-42(34,35)40-41(31,32)33/h4-7,12,16-17H,8-11,13-15H2,1-3H3,(H,34,35)(H2,31,32,33)/t16-,17+/m1/s1. The Kier molecular flexibility index (Phi) is 9.14. The van der Waals surface area contributed by atoms with Crippen LogP contribution in [0.2, 0.25) is 0 Å². The van der Waals surface area contributed by atoms with Crippen molar-refractivity contribution in [2.75, 3.05) is 56.4 Å². The number of anilines is 2. The van der Waals surface area contributed by atoms with Crippen LogP contribution in [0.15, 0.2) is 30.3 Å². The van der Waals surface area contributed by atoms with Gasteiger partial charge in [0.05, 0.1) is 63.3 Å². The summed E-state index contributed by atoms with van der Waals surface area (Å²) in [6.07, 6.45) is 0. The molecule has 5 rings (SSSR count). The van der Waals surface area contributed by atoms with Gasteiger partial charge in [0.25, 0.3) is 0 Å². The molecule has 2 aliphatic heterocycles. The molecule has 3 atom stereocenters. The lowest BCUT2D eigenvalue weighted by atomic mass is 10.1. The molecular weight excluding hydrogens is 592 g/mol. The first-order valence-electron chi connectivity index (χ1n) is 13.2. The van der Waals surface area contributed by atoms with Crippen LogP contribution in [0.4, 0.5) is 11.8 Å². The van der Waals surface area contributed by atoms with Crippen LogP contribution in [0.5, 0.6) is 5.75 Å². The van der Waals surface area contributed by atoms with Crippen molar-refractivity contribution in [2.45, 2.75) is 32.5 Å². The molecule has 228 valence electrons. The summed E-state index contributed by atoms with van der Waals surface area (Å²) in [6, 6.07) is 8.96. The summed E-state index contributed by atoms with van der Waals surface area (Å²) in [4.78, 5) is 46.5. The molecule has 0 amide bonds. The molecule has 3 N–H and O–H groups in total. The third-order valence-electron chi connectivity index (χ3n) is 6.96. The van der Waals surface area contributed by atoms with Crippen molar-refractivity contribution < 1.29 is 46.9 Å². The first kappa shape index (κ1) is 30.7. The number of aromatic nitrogens is 3. The maximum absolute atomic E-state index is 12.0. The lowest BCUT2D eigenvalue weighted by Gasteiger charge is -2.37. The number of benzene rings is 1. The lowest BCUT2D eigenvalue weighted by Crippen LogP contribution is -2.46. The molecule has 1 aromatic carbocycles. The van der Waals surface area contributed by atoms with Crippen LogP contribution in [0, 0.1) is 0 Å². The van der Waals surface area contributed by atoms with Crippen LogP contribution < -0.4 is 14.5 Å². The molecule has 0 aliphatic carbocycles. The number of nitrogens with zero attached hydrogens (tertiary/aromatic N) is 5. The summed E-state index contributed by atoms with van der Waals surface area (Å²) < 4.78 is 48.3. The van der Waals surface area contributed by atoms with E-state index < -0.39 is 22.3 Å². The van der Waals surface area contributed by atoms with E-state index in [1.54, 1.807) is 18.2 Å². The summed E-state index contributed by atoms with van der Waals surface area (Å²) in [7, 11) is -8.90. The number of rotatable bonds is 9. The van der Waals surface area contributed by atoms with Gasteiger partial charge in [0.1, 0.15) is 11.6 Å². The van der Waals surface area contributed by atoms with Crippen molar-refractivity contribution in [1.82, 2.24) is 15.0 Å². The minimum absolute atomic E-state index is 0.0792. The number of hydrogen-bond acceptors (Lipinski definition) is 12. The second kappa shape index (κ2) is 12.5. The Morgan fingerprint density at radius 3 is 2.29 bits per heavy atom. The number of pyridine rings is 1. The summed E-state index contributed by atoms with van der Waals surface area (Å²) in [5.41, 5.74) is 2.01. The lowest BCUT2D eigenvalue weighted by molar-refractivity contribution is 0.0973. The molecule has 4 heterocycles. The molecule has 0 radical (unpaired) electrons. The van der Waals surface area contributed by atoms with Gasteiger partial charge in [0.2, 0.25) is 5.95 Å². The first-order chi connectivity index (χ1) is 19.9. The molecule has 2 aromatic heterocycles. The van der Waals surface area contributed by atoms with Gasteiger partial charge >= 0.3 is 15.6 Å². The molecule has 2 saturated heterocycles. The molecule has 0 saturated carbocycles. The third kappa shape index (κ3) is 7.08. The average Bonchev–Trinajstić information content (AvgIpc) is 2.94. The summed E-state index contributed by atoms with van der Waals surface area (Å²) in [5, 5.41) is 0.782. The molecule has 2 fully saturated rings. The minimum Gasteiger partial charge on any atom is -0.496 e. The summed E-state index contributed by atoms with van der Waals surface area (Å²) >= 11 is 0. The van der Waals surface area contributed by atoms with E-state index in [1.165, 1.54) is 7.11 Å². The number of fused-ring (bicyclic) bond motifs is 1. The molecule has 1 unspecified atom stereocenters. The Morgan fingerprint density at radius 1 is 0.952 bits per heavy atom. The smallest absolute Gasteiger partial charge is 0.481 e. The highest BCUT2D eigenvalue weighted by atomic mass is 31.3. The predicted molar refractivity (Wildman–Crippen MR) is 152 cm³/mol. The minimum atomic E-state index is -5.26. The van der Waals surface area contributed by atoms with Gasteiger partial charge in [-0.15, -0.1) is 0 Å². The van der Waals surface area contributed by atoms with Gasteiger partial charge in [-0.1, -0.05) is 0 Å². The largest absolute Gasteiger partial charge is 0.496 e. The number of ether oxygens (including phenoxy) is 3. The summed E-state index contributed by atoms with van der Waals surface area (Å²) in [6.45, 7) is 7.24. The van der Waals surface area contributed by atoms with Crippen LogP contribution in [-0.4, -0.2) is 88.3 Å². The van der Waals surface area contributed by atoms with E-state index >= 15 is 0 Å². The van der Waals surface area contributed by atoms with Gasteiger partial charge < -0.3 is 38.7 Å². The molecule has 0 spiro atoms. The second-order valence-corrected chi connectivity index (χ2v) is 12.8. The quantitative estimate of drug-likeness (QED) is 0.295. The van der Waals surface area contributed by atoms with Gasteiger partial charge in [-0.3, -0.25) is 4.52 Å². The van der Waals surface area contributed by atoms with Crippen LogP contribution in [0.3, 0.4) is 0 Å². The van der Waals surface area contributed by atoms with Gasteiger partial charge in [-0.2, -0.15) is 14.3 Å². The molecule has 0 bridgehead atoms. The SMILES string of the molecule is COc1ccc(-c2ccc3c(N4CCOC[C@H]4C)nc(N4CCOC[C@@H]4C)nc3n2)cc1COP(=O)(O)OP(=O)(O)O. The van der Waals surface area contributed by atoms with Gasteiger partial charge in [0, 0.05) is 24.2 Å². The van der Waals surface area contributed by atoms with E-state index in [0.29, 0.717) is 73.7 Å². The van der Waals surface area contributed by atoms with Crippen molar-refractivity contribution >= 4 is 38.4 Å². The van der Waals surface area contributed by atoms with Crippen LogP contribution in [-0.2, 0) is 34.0 Å². The van der Waals surface area contributed by atoms with Gasteiger partial charge in [-0.25, -0.2) is 14.1 Å². The van der Waals surface area contributed by atoms with Crippen LogP contribution >= 0.6 is 15.6 Å². The van der Waals surface area contributed by atoms with E-state index in [9.17, 15) is 14.0 Å². The maximum Gasteiger partial charge on any atom is 0.481 e. The van der Waals surface area contributed by atoms with E-state index in [2.05, 4.69) is 28.0 Å². The van der Waals surface area contributed by atoms with Gasteiger partial charge in [-0.05, 0) is 44.2 Å². The normalized spacial score (nSPS) is 21.4. The predicted octanol–water partition coefficient (Wildman–Crippen LogP) is 2.88. The number of hydrogen-bond donors (Lipinski definition) is 3. The van der Waals surface area contributed by atoms with Crippen molar-refractivity contribution in [3.05, 3.63) is 35.9 Å². The average molecular weight is 626 g/mol. The Morgan fingerprint density at radius 2 is 1.64 bits per heavy atom. The Hall–Kier alpha value is -2.71. The van der Waals surface area contributed by atoms with E-state index in [1.807, 2.05) is 12.1 Å². The number of methoxy groups -OCH3 is 1. The molecule has 42 heavy (non-hydrogen) atoms. The van der Waals surface area contributed by atoms with Crippen molar-refractivity contribution in [3.63, 3.8) is 0 Å². The molecule has 3 aromatic rings.